The third-order valence-electron chi connectivity index (χ3n) is 8.85. The Hall–Kier alpha value is -4.47. The number of hydrogen-bond acceptors (Lipinski definition) is 9. The molecule has 0 atom stereocenters. The highest BCUT2D eigenvalue weighted by molar-refractivity contribution is 7.99. The van der Waals surface area contributed by atoms with E-state index in [2.05, 4.69) is 0 Å². The summed E-state index contributed by atoms with van der Waals surface area (Å²) in [6.07, 6.45) is 5.62. The minimum absolute atomic E-state index is 0.00756. The SMILES string of the molecule is O=C(/C=C/c1c(-c2ccccc2[N+](=O)[O-])cc(Sc2cc(-c3ccccc3[N+](=O)[O-])c(/C=C/C(=O)N3CCOCC3)c(Cl)c2Cl)c(Cl)c1Cl)N1CCOCC1. The first kappa shape index (κ1) is 40.2. The summed E-state index contributed by atoms with van der Waals surface area (Å²) in [5.41, 5.74) is 1.13. The molecule has 2 heterocycles. The molecule has 0 N–H and O–H groups in total. The Morgan fingerprint density at radius 2 is 0.964 bits per heavy atom. The molecule has 2 aliphatic rings. The average molecular weight is 845 g/mol. The minimum Gasteiger partial charge on any atom is -0.378 e. The Morgan fingerprint density at radius 3 is 1.33 bits per heavy atom. The van der Waals surface area contributed by atoms with E-state index >= 15 is 0 Å². The summed E-state index contributed by atoms with van der Waals surface area (Å²) in [7, 11) is 0. The van der Waals surface area contributed by atoms with Crippen LogP contribution in [0.4, 0.5) is 11.4 Å². The molecular formula is C38H30Cl4N4O8S. The van der Waals surface area contributed by atoms with Crippen LogP contribution in [0.15, 0.2) is 82.6 Å². The molecule has 0 radical (unpaired) electrons. The summed E-state index contributed by atoms with van der Waals surface area (Å²) in [6, 6.07) is 15.3. The van der Waals surface area contributed by atoms with E-state index in [9.17, 15) is 29.8 Å². The Kier molecular flexibility index (Phi) is 13.1. The molecule has 284 valence electrons. The van der Waals surface area contributed by atoms with Gasteiger partial charge in [-0.3, -0.25) is 29.8 Å². The van der Waals surface area contributed by atoms with Crippen LogP contribution in [0.25, 0.3) is 34.4 Å². The summed E-state index contributed by atoms with van der Waals surface area (Å²) in [4.78, 5) is 53.3. The molecular weight excluding hydrogens is 814 g/mol. The first-order valence-electron chi connectivity index (χ1n) is 16.7. The fraction of sp³-hybridized carbons (Fsp3) is 0.211. The highest BCUT2D eigenvalue weighted by atomic mass is 35.5. The summed E-state index contributed by atoms with van der Waals surface area (Å²) < 4.78 is 10.7. The second-order valence-electron chi connectivity index (χ2n) is 12.1. The highest BCUT2D eigenvalue weighted by Gasteiger charge is 2.26. The normalized spacial score (nSPS) is 14.8. The van der Waals surface area contributed by atoms with Gasteiger partial charge in [0.15, 0.2) is 0 Å². The molecule has 0 aromatic heterocycles. The van der Waals surface area contributed by atoms with Gasteiger partial charge < -0.3 is 19.3 Å². The fourth-order valence-electron chi connectivity index (χ4n) is 6.08. The third-order valence-corrected chi connectivity index (χ3v) is 11.9. The van der Waals surface area contributed by atoms with E-state index < -0.39 is 9.85 Å². The zero-order valence-corrected chi connectivity index (χ0v) is 32.6. The van der Waals surface area contributed by atoms with Crippen LogP contribution >= 0.6 is 58.2 Å². The molecule has 2 aliphatic heterocycles. The van der Waals surface area contributed by atoms with E-state index in [1.165, 1.54) is 48.6 Å². The molecule has 4 aromatic carbocycles. The van der Waals surface area contributed by atoms with Crippen LogP contribution in [0.2, 0.25) is 20.1 Å². The number of hydrogen-bond donors (Lipinski definition) is 0. The maximum absolute atomic E-state index is 13.1. The molecule has 2 fully saturated rings. The van der Waals surface area contributed by atoms with Crippen LogP contribution in [0, 0.1) is 20.2 Å². The van der Waals surface area contributed by atoms with E-state index in [1.807, 2.05) is 0 Å². The van der Waals surface area contributed by atoms with Gasteiger partial charge in [0.1, 0.15) is 0 Å². The molecule has 55 heavy (non-hydrogen) atoms. The van der Waals surface area contributed by atoms with Gasteiger partial charge in [-0.25, -0.2) is 0 Å². The molecule has 0 aliphatic carbocycles. The lowest BCUT2D eigenvalue weighted by molar-refractivity contribution is -0.384. The van der Waals surface area contributed by atoms with Crippen molar-refractivity contribution in [2.75, 3.05) is 52.6 Å². The number of nitrogens with zero attached hydrogens (tertiary/aromatic N) is 4. The number of morpholine rings is 2. The number of carbonyl (C=O) groups excluding carboxylic acids is 2. The zero-order chi connectivity index (χ0) is 39.2. The molecule has 17 heteroatoms. The molecule has 2 saturated heterocycles. The molecule has 0 spiro atoms. The lowest BCUT2D eigenvalue weighted by Crippen LogP contribution is -2.39. The maximum Gasteiger partial charge on any atom is 0.277 e. The third kappa shape index (κ3) is 9.00. The monoisotopic (exact) mass is 842 g/mol. The standard InChI is InChI=1S/C38H30Cl4N4O8S/c39-35-25(9-11-33(47)43-13-17-53-18-14-43)27(23-5-1-3-7-29(23)45(49)50)21-31(37(35)41)55-32-22-28(24-6-2-4-8-30(24)46(51)52)26(36(40)38(32)42)10-12-34(48)44-15-19-54-20-16-44/h1-12,21-22H,13-20H2/b11-9+,12-10+. The molecule has 0 unspecified atom stereocenters. The zero-order valence-electron chi connectivity index (χ0n) is 28.7. The quantitative estimate of drug-likeness (QED) is 0.0866. The maximum atomic E-state index is 13.1. The van der Waals surface area contributed by atoms with Crippen LogP contribution in [0.5, 0.6) is 0 Å². The van der Waals surface area contributed by atoms with Crippen molar-refractivity contribution in [3.8, 4) is 22.3 Å². The topological polar surface area (TPSA) is 145 Å². The van der Waals surface area contributed by atoms with Gasteiger partial charge in [-0.2, -0.15) is 0 Å². The number of nitro groups is 2. The predicted octanol–water partition coefficient (Wildman–Crippen LogP) is 9.35. The lowest BCUT2D eigenvalue weighted by Gasteiger charge is -2.25. The van der Waals surface area contributed by atoms with E-state index in [-0.39, 0.29) is 65.5 Å². The molecule has 0 saturated carbocycles. The van der Waals surface area contributed by atoms with Gasteiger partial charge in [0.2, 0.25) is 11.8 Å². The Morgan fingerprint density at radius 1 is 0.600 bits per heavy atom. The molecule has 2 amide bonds. The van der Waals surface area contributed by atoms with E-state index in [0.29, 0.717) is 73.5 Å². The number of rotatable bonds is 10. The summed E-state index contributed by atoms with van der Waals surface area (Å²) in [6.45, 7) is 3.21. The number of para-hydroxylation sites is 2. The first-order chi connectivity index (χ1) is 26.5. The average Bonchev–Trinajstić information content (AvgIpc) is 3.20. The van der Waals surface area contributed by atoms with Crippen LogP contribution in [0.3, 0.4) is 0 Å². The predicted molar refractivity (Wildman–Crippen MR) is 214 cm³/mol. The minimum atomic E-state index is -0.525. The summed E-state index contributed by atoms with van der Waals surface area (Å²) >= 11 is 28.7. The Labute approximate surface area is 339 Å². The second kappa shape index (κ2) is 18.0. The first-order valence-corrected chi connectivity index (χ1v) is 19.1. The number of benzene rings is 4. The Bertz CT molecular complexity index is 2090. The number of ether oxygens (including phenoxy) is 2. The molecule has 4 aromatic rings. The Balaban J connectivity index is 1.49. The molecule has 6 rings (SSSR count). The highest BCUT2D eigenvalue weighted by Crippen LogP contribution is 2.50. The van der Waals surface area contributed by atoms with Crippen molar-refractivity contribution in [3.05, 3.63) is 124 Å². The van der Waals surface area contributed by atoms with Gasteiger partial charge in [-0.05, 0) is 47.5 Å². The van der Waals surface area contributed by atoms with Crippen LogP contribution in [-0.2, 0) is 19.1 Å². The smallest absolute Gasteiger partial charge is 0.277 e. The van der Waals surface area contributed by atoms with Gasteiger partial charge in [-0.1, -0.05) is 82.4 Å². The van der Waals surface area contributed by atoms with Crippen molar-refractivity contribution in [1.82, 2.24) is 9.80 Å². The van der Waals surface area contributed by atoms with Gasteiger partial charge >= 0.3 is 0 Å². The van der Waals surface area contributed by atoms with Crippen molar-refractivity contribution in [3.63, 3.8) is 0 Å². The van der Waals surface area contributed by atoms with Crippen molar-refractivity contribution in [1.29, 1.82) is 0 Å². The van der Waals surface area contributed by atoms with Gasteiger partial charge in [-0.15, -0.1) is 0 Å². The van der Waals surface area contributed by atoms with Crippen molar-refractivity contribution < 1.29 is 28.9 Å². The van der Waals surface area contributed by atoms with Crippen molar-refractivity contribution in [2.24, 2.45) is 0 Å². The molecule has 0 bridgehead atoms. The number of halogens is 4. The van der Waals surface area contributed by atoms with E-state index in [1.54, 1.807) is 46.2 Å². The van der Waals surface area contributed by atoms with Gasteiger partial charge in [0.25, 0.3) is 11.4 Å². The van der Waals surface area contributed by atoms with E-state index in [4.69, 9.17) is 55.9 Å². The second-order valence-corrected chi connectivity index (χ2v) is 14.7. The number of carbonyl (C=O) groups is 2. The molecule has 12 nitrogen and oxygen atoms in total. The summed E-state index contributed by atoms with van der Waals surface area (Å²) in [5, 5.41) is 24.5. The fourth-order valence-corrected chi connectivity index (χ4v) is 8.24. The van der Waals surface area contributed by atoms with Crippen molar-refractivity contribution >= 4 is 93.5 Å². The van der Waals surface area contributed by atoms with Gasteiger partial charge in [0, 0.05) is 71.4 Å². The van der Waals surface area contributed by atoms with Crippen LogP contribution in [0.1, 0.15) is 11.1 Å². The lowest BCUT2D eigenvalue weighted by atomic mass is 9.97. The van der Waals surface area contributed by atoms with Gasteiger partial charge in [0.05, 0.1) is 67.5 Å². The van der Waals surface area contributed by atoms with Crippen molar-refractivity contribution in [2.45, 2.75) is 9.79 Å². The summed E-state index contributed by atoms with van der Waals surface area (Å²) in [5.74, 6) is -0.598. The largest absolute Gasteiger partial charge is 0.378 e. The van der Waals surface area contributed by atoms with Crippen LogP contribution < -0.4 is 0 Å². The van der Waals surface area contributed by atoms with Crippen LogP contribution in [-0.4, -0.2) is 84.1 Å². The van der Waals surface area contributed by atoms with E-state index in [0.717, 1.165) is 11.8 Å². The number of amides is 2. The number of nitro benzene ring substituents is 2.